The minimum atomic E-state index is -1.26. The summed E-state index contributed by atoms with van der Waals surface area (Å²) in [5.41, 5.74) is 0.513. The van der Waals surface area contributed by atoms with Crippen molar-refractivity contribution in [1.29, 1.82) is 0 Å². The molecule has 20 heavy (non-hydrogen) atoms. The van der Waals surface area contributed by atoms with Crippen LogP contribution < -0.4 is 28.9 Å². The topological polar surface area (TPSA) is 69.2 Å². The van der Waals surface area contributed by atoms with Crippen LogP contribution in [0.4, 0.5) is 5.82 Å². The summed E-state index contributed by atoms with van der Waals surface area (Å²) < 4.78 is 0. The summed E-state index contributed by atoms with van der Waals surface area (Å²) in [7, 11) is 0. The Labute approximate surface area is 133 Å². The first-order valence-corrected chi connectivity index (χ1v) is 6.38. The monoisotopic (exact) mass is 283 g/mol. The number of nitrogens with zero attached hydrogens (tertiary/aromatic N) is 3. The van der Waals surface area contributed by atoms with E-state index >= 15 is 0 Å². The van der Waals surface area contributed by atoms with Gasteiger partial charge in [0.2, 0.25) is 0 Å². The molecule has 0 amide bonds. The maximum Gasteiger partial charge on any atom is 1.00 e. The fraction of sp³-hybridized carbons (Fsp3) is 0.308. The van der Waals surface area contributed by atoms with Crippen LogP contribution in [0.15, 0.2) is 18.3 Å². The number of aromatic carboxylic acids is 1. The molecule has 3 heterocycles. The SMILES string of the molecule is C[C@H]1CCN1c1nc2ncc(C(=O)[O-])cc2cc1Cl.[Li+]. The van der Waals surface area contributed by atoms with Crippen LogP contribution in [0.25, 0.3) is 11.0 Å². The van der Waals surface area contributed by atoms with Gasteiger partial charge in [0.1, 0.15) is 5.82 Å². The molecule has 98 valence electrons. The van der Waals surface area contributed by atoms with E-state index < -0.39 is 5.97 Å². The summed E-state index contributed by atoms with van der Waals surface area (Å²) in [6.07, 6.45) is 2.37. The van der Waals surface area contributed by atoms with Gasteiger partial charge in [-0.2, -0.15) is 0 Å². The largest absolute Gasteiger partial charge is 1.00 e. The van der Waals surface area contributed by atoms with E-state index in [9.17, 15) is 9.90 Å². The zero-order valence-corrected chi connectivity index (χ0v) is 12.0. The third kappa shape index (κ3) is 2.49. The van der Waals surface area contributed by atoms with Crippen molar-refractivity contribution in [3.05, 3.63) is 28.9 Å². The van der Waals surface area contributed by atoms with Crippen molar-refractivity contribution in [1.82, 2.24) is 9.97 Å². The van der Waals surface area contributed by atoms with Crippen LogP contribution in [0.5, 0.6) is 0 Å². The molecule has 0 N–H and O–H groups in total. The van der Waals surface area contributed by atoms with E-state index in [0.29, 0.717) is 27.9 Å². The maximum atomic E-state index is 10.8. The molecule has 7 heteroatoms. The molecule has 1 aliphatic heterocycles. The number of pyridine rings is 2. The van der Waals surface area contributed by atoms with E-state index in [0.717, 1.165) is 13.0 Å². The summed E-state index contributed by atoms with van der Waals surface area (Å²) in [5.74, 6) is -0.549. The van der Waals surface area contributed by atoms with E-state index in [1.807, 2.05) is 0 Å². The van der Waals surface area contributed by atoms with Gasteiger partial charge in [-0.25, -0.2) is 9.97 Å². The Hall–Kier alpha value is -1.28. The molecule has 1 fully saturated rings. The first-order valence-electron chi connectivity index (χ1n) is 6.00. The minimum absolute atomic E-state index is 0. The first kappa shape index (κ1) is 15.1. The van der Waals surface area contributed by atoms with Crippen LogP contribution in [-0.2, 0) is 0 Å². The summed E-state index contributed by atoms with van der Waals surface area (Å²) in [5, 5.41) is 11.9. The van der Waals surface area contributed by atoms with Crippen molar-refractivity contribution in [2.24, 2.45) is 0 Å². The number of carboxylic acid groups (broad SMARTS) is 1. The Morgan fingerprint density at radius 1 is 1.50 bits per heavy atom. The molecule has 1 atom stereocenters. The number of carbonyl (C=O) groups is 1. The summed E-state index contributed by atoms with van der Waals surface area (Å²) in [6.45, 7) is 3.04. The second-order valence-corrected chi connectivity index (χ2v) is 5.09. The number of anilines is 1. The van der Waals surface area contributed by atoms with E-state index in [1.54, 1.807) is 6.07 Å². The fourth-order valence-electron chi connectivity index (χ4n) is 2.17. The van der Waals surface area contributed by atoms with Crippen molar-refractivity contribution in [2.75, 3.05) is 11.4 Å². The van der Waals surface area contributed by atoms with E-state index in [2.05, 4.69) is 21.8 Å². The Bertz CT molecular complexity index is 680. The van der Waals surface area contributed by atoms with Crippen molar-refractivity contribution < 1.29 is 28.8 Å². The predicted molar refractivity (Wildman–Crippen MR) is 70.3 cm³/mol. The fourth-order valence-corrected chi connectivity index (χ4v) is 2.44. The maximum absolute atomic E-state index is 10.8. The van der Waals surface area contributed by atoms with Crippen LogP contribution in [0.2, 0.25) is 5.02 Å². The number of carbonyl (C=O) groups excluding carboxylic acids is 1. The number of halogens is 1. The molecule has 1 aliphatic rings. The van der Waals surface area contributed by atoms with Gasteiger partial charge in [0.05, 0.1) is 11.0 Å². The van der Waals surface area contributed by atoms with Gasteiger partial charge in [0.25, 0.3) is 0 Å². The number of rotatable bonds is 2. The van der Waals surface area contributed by atoms with Crippen LogP contribution in [0.1, 0.15) is 23.7 Å². The number of carboxylic acids is 1. The summed E-state index contributed by atoms with van der Waals surface area (Å²) >= 11 is 6.21. The average Bonchev–Trinajstić information content (AvgIpc) is 2.37. The second-order valence-electron chi connectivity index (χ2n) is 4.68. The predicted octanol–water partition coefficient (Wildman–Crippen LogP) is -1.75. The van der Waals surface area contributed by atoms with Crippen molar-refractivity contribution >= 4 is 34.4 Å². The molecule has 2 aromatic rings. The van der Waals surface area contributed by atoms with Crippen LogP contribution >= 0.6 is 11.6 Å². The number of hydrogen-bond acceptors (Lipinski definition) is 5. The molecule has 0 aliphatic carbocycles. The third-order valence-electron chi connectivity index (χ3n) is 3.43. The molecule has 0 bridgehead atoms. The number of aromatic nitrogens is 2. The smallest absolute Gasteiger partial charge is 0.545 e. The molecule has 2 aromatic heterocycles. The van der Waals surface area contributed by atoms with Gasteiger partial charge in [0.15, 0.2) is 5.65 Å². The number of hydrogen-bond donors (Lipinski definition) is 0. The van der Waals surface area contributed by atoms with Crippen LogP contribution in [0, 0.1) is 0 Å². The molecule has 0 saturated carbocycles. The molecule has 1 saturated heterocycles. The molecule has 0 unspecified atom stereocenters. The van der Waals surface area contributed by atoms with Crippen molar-refractivity contribution in [3.63, 3.8) is 0 Å². The molecule has 0 aromatic carbocycles. The minimum Gasteiger partial charge on any atom is -0.545 e. The Morgan fingerprint density at radius 2 is 2.25 bits per heavy atom. The molecule has 5 nitrogen and oxygen atoms in total. The Morgan fingerprint density at radius 3 is 2.80 bits per heavy atom. The van der Waals surface area contributed by atoms with Gasteiger partial charge in [-0.1, -0.05) is 11.6 Å². The Kier molecular flexibility index (Phi) is 4.24. The average molecular weight is 284 g/mol. The summed E-state index contributed by atoms with van der Waals surface area (Å²) in [6, 6.07) is 3.59. The normalized spacial score (nSPS) is 17.5. The molecular weight excluding hydrogens is 273 g/mol. The van der Waals surface area contributed by atoms with Crippen LogP contribution in [-0.4, -0.2) is 28.5 Å². The van der Waals surface area contributed by atoms with Crippen molar-refractivity contribution in [3.8, 4) is 0 Å². The van der Waals surface area contributed by atoms with Crippen LogP contribution in [0.3, 0.4) is 0 Å². The van der Waals surface area contributed by atoms with Gasteiger partial charge in [-0.3, -0.25) is 0 Å². The standard InChI is InChI=1S/C13H12ClN3O2.Li/c1-7-2-3-17(7)12-10(14)5-8-4-9(13(18)19)6-15-11(8)16-12;/h4-7H,2-3H2,1H3,(H,18,19);/q;+1/p-1/t7-;/m0./s1. The molecule has 0 spiro atoms. The third-order valence-corrected chi connectivity index (χ3v) is 3.71. The Balaban J connectivity index is 0.00000147. The molecular formula is C13H11ClLiN3O2. The zero-order valence-electron chi connectivity index (χ0n) is 11.3. The van der Waals surface area contributed by atoms with Crippen molar-refractivity contribution in [2.45, 2.75) is 19.4 Å². The molecule has 3 rings (SSSR count). The second kappa shape index (κ2) is 5.61. The molecule has 0 radical (unpaired) electrons. The van der Waals surface area contributed by atoms with Gasteiger partial charge < -0.3 is 14.8 Å². The van der Waals surface area contributed by atoms with E-state index in [4.69, 9.17) is 11.6 Å². The quantitative estimate of drug-likeness (QED) is 0.612. The zero-order chi connectivity index (χ0) is 13.6. The van der Waals surface area contributed by atoms with Gasteiger partial charge >= 0.3 is 18.9 Å². The van der Waals surface area contributed by atoms with Gasteiger partial charge in [-0.05, 0) is 25.5 Å². The van der Waals surface area contributed by atoms with Gasteiger partial charge in [0, 0.05) is 29.7 Å². The van der Waals surface area contributed by atoms with E-state index in [1.165, 1.54) is 12.3 Å². The number of fused-ring (bicyclic) bond motifs is 1. The van der Waals surface area contributed by atoms with Gasteiger partial charge in [-0.15, -0.1) is 0 Å². The summed E-state index contributed by atoms with van der Waals surface area (Å²) in [4.78, 5) is 21.4. The van der Waals surface area contributed by atoms with E-state index in [-0.39, 0.29) is 24.4 Å². The first-order chi connectivity index (χ1) is 9.06.